The summed E-state index contributed by atoms with van der Waals surface area (Å²) in [5, 5.41) is 8.92. The Balaban J connectivity index is 1.89. The summed E-state index contributed by atoms with van der Waals surface area (Å²) >= 11 is 0. The van der Waals surface area contributed by atoms with E-state index in [4.69, 9.17) is 4.42 Å². The first-order chi connectivity index (χ1) is 16.5. The average molecular weight is 440 g/mol. The van der Waals surface area contributed by atoms with Crippen LogP contribution in [0.1, 0.15) is 26.3 Å². The summed E-state index contributed by atoms with van der Waals surface area (Å²) in [6, 6.07) is 32.7. The lowest BCUT2D eigenvalue weighted by Crippen LogP contribution is -2.09. The van der Waals surface area contributed by atoms with Gasteiger partial charge in [0.05, 0.1) is 17.3 Å². The van der Waals surface area contributed by atoms with Crippen LogP contribution in [0, 0.1) is 0 Å². The lowest BCUT2D eigenvalue weighted by atomic mass is 9.85. The van der Waals surface area contributed by atoms with E-state index in [1.165, 1.54) is 60.0 Å². The first kappa shape index (κ1) is 19.4. The zero-order valence-electron chi connectivity index (χ0n) is 19.6. The van der Waals surface area contributed by atoms with E-state index in [0.717, 1.165) is 5.58 Å². The van der Waals surface area contributed by atoms with Gasteiger partial charge in [-0.25, -0.2) is 0 Å². The molecule has 7 aromatic rings. The second-order valence-corrected chi connectivity index (χ2v) is 10.2. The highest BCUT2D eigenvalue weighted by Gasteiger charge is 2.26. The summed E-state index contributed by atoms with van der Waals surface area (Å²) in [4.78, 5) is 0. The number of aromatic nitrogens is 1. The molecule has 0 saturated carbocycles. The summed E-state index contributed by atoms with van der Waals surface area (Å²) in [5.74, 6) is 0. The highest BCUT2D eigenvalue weighted by Crippen LogP contribution is 2.46. The van der Waals surface area contributed by atoms with Gasteiger partial charge in [0.15, 0.2) is 0 Å². The molecule has 0 aliphatic rings. The fraction of sp³-hybridized carbons (Fsp3) is 0.125. The number of hydrogen-bond donors (Lipinski definition) is 0. The van der Waals surface area contributed by atoms with Crippen molar-refractivity contribution in [1.29, 1.82) is 0 Å². The van der Waals surface area contributed by atoms with Gasteiger partial charge in [0.25, 0.3) is 0 Å². The molecule has 2 aromatic heterocycles. The molecule has 2 nitrogen and oxygen atoms in total. The van der Waals surface area contributed by atoms with Crippen molar-refractivity contribution in [2.24, 2.45) is 0 Å². The summed E-state index contributed by atoms with van der Waals surface area (Å²) in [5.41, 5.74) is 5.79. The molecule has 0 N–H and O–H groups in total. The van der Waals surface area contributed by atoms with Gasteiger partial charge in [-0.05, 0) is 45.8 Å². The zero-order valence-corrected chi connectivity index (χ0v) is 19.6. The number of furan rings is 1. The van der Waals surface area contributed by atoms with Crippen LogP contribution >= 0.6 is 0 Å². The molecule has 0 atom stereocenters. The first-order valence-corrected chi connectivity index (χ1v) is 11.9. The van der Waals surface area contributed by atoms with E-state index in [2.05, 4.69) is 116 Å². The Morgan fingerprint density at radius 3 is 1.91 bits per heavy atom. The van der Waals surface area contributed by atoms with E-state index < -0.39 is 0 Å². The standard InChI is InChI=1S/C32H25NO/c1-32(2,3)25-19-34-27-18-17-26-30(29(25)27)28-23-15-9-7-13-21(23)22-14-8-10-16-24(22)31(28)33(26)20-11-5-4-6-12-20/h4-19H,1-3H3. The highest BCUT2D eigenvalue weighted by atomic mass is 16.3. The van der Waals surface area contributed by atoms with Gasteiger partial charge in [-0.15, -0.1) is 0 Å². The third-order valence-electron chi connectivity index (χ3n) is 7.16. The molecule has 0 amide bonds. The van der Waals surface area contributed by atoms with Crippen LogP contribution in [0.5, 0.6) is 0 Å². The molecule has 0 fully saturated rings. The van der Waals surface area contributed by atoms with E-state index in [1.54, 1.807) is 0 Å². The predicted molar refractivity (Wildman–Crippen MR) is 144 cm³/mol. The van der Waals surface area contributed by atoms with Crippen LogP contribution in [0.2, 0.25) is 0 Å². The Morgan fingerprint density at radius 2 is 1.21 bits per heavy atom. The van der Waals surface area contributed by atoms with Crippen LogP contribution in [0.25, 0.3) is 60.0 Å². The predicted octanol–water partition coefficient (Wildman–Crippen LogP) is 9.13. The average Bonchev–Trinajstić information content (AvgIpc) is 3.44. The number of fused-ring (bicyclic) bond motifs is 10. The van der Waals surface area contributed by atoms with Crippen LogP contribution in [-0.2, 0) is 5.41 Å². The van der Waals surface area contributed by atoms with Crippen molar-refractivity contribution in [2.75, 3.05) is 0 Å². The van der Waals surface area contributed by atoms with Crippen molar-refractivity contribution < 1.29 is 4.42 Å². The molecule has 0 aliphatic heterocycles. The van der Waals surface area contributed by atoms with E-state index in [-0.39, 0.29) is 5.41 Å². The number of hydrogen-bond acceptors (Lipinski definition) is 1. The summed E-state index contributed by atoms with van der Waals surface area (Å²) in [7, 11) is 0. The van der Waals surface area contributed by atoms with Crippen molar-refractivity contribution in [3.05, 3.63) is 103 Å². The molecule has 0 radical (unpaired) electrons. The molecule has 0 bridgehead atoms. The normalized spacial score (nSPS) is 12.6. The SMILES string of the molecule is CC(C)(C)c1coc2ccc3c(c12)c1c2ccccc2c2ccccc2c1n3-c1ccccc1. The zero-order chi connectivity index (χ0) is 23.0. The van der Waals surface area contributed by atoms with Crippen molar-refractivity contribution in [3.63, 3.8) is 0 Å². The number of rotatable bonds is 1. The molecule has 0 aliphatic carbocycles. The smallest absolute Gasteiger partial charge is 0.134 e. The molecule has 5 aromatic carbocycles. The fourth-order valence-corrected chi connectivity index (χ4v) is 5.68. The Morgan fingerprint density at radius 1 is 0.588 bits per heavy atom. The van der Waals surface area contributed by atoms with Crippen LogP contribution in [-0.4, -0.2) is 4.57 Å². The van der Waals surface area contributed by atoms with Gasteiger partial charge in [0.2, 0.25) is 0 Å². The molecule has 164 valence electrons. The second kappa shape index (κ2) is 6.74. The van der Waals surface area contributed by atoms with Gasteiger partial charge in [0.1, 0.15) is 5.58 Å². The number of nitrogens with zero attached hydrogens (tertiary/aromatic N) is 1. The largest absolute Gasteiger partial charge is 0.464 e. The maximum Gasteiger partial charge on any atom is 0.134 e. The van der Waals surface area contributed by atoms with E-state index in [1.807, 2.05) is 6.26 Å². The van der Waals surface area contributed by atoms with Crippen molar-refractivity contribution in [1.82, 2.24) is 4.57 Å². The minimum absolute atomic E-state index is 0.0344. The van der Waals surface area contributed by atoms with Crippen molar-refractivity contribution in [2.45, 2.75) is 26.2 Å². The lowest BCUT2D eigenvalue weighted by molar-refractivity contribution is 0.557. The molecular weight excluding hydrogens is 414 g/mol. The van der Waals surface area contributed by atoms with Crippen molar-refractivity contribution >= 4 is 54.3 Å². The topological polar surface area (TPSA) is 18.1 Å². The van der Waals surface area contributed by atoms with Crippen LogP contribution in [0.3, 0.4) is 0 Å². The molecule has 2 heteroatoms. The molecule has 34 heavy (non-hydrogen) atoms. The molecule has 2 heterocycles. The molecule has 7 rings (SSSR count). The maximum atomic E-state index is 6.14. The first-order valence-electron chi connectivity index (χ1n) is 11.9. The minimum Gasteiger partial charge on any atom is -0.464 e. The number of para-hydroxylation sites is 1. The summed E-state index contributed by atoms with van der Waals surface area (Å²) < 4.78 is 8.58. The van der Waals surface area contributed by atoms with Crippen LogP contribution in [0.15, 0.2) is 102 Å². The maximum absolute atomic E-state index is 6.14. The van der Waals surface area contributed by atoms with Gasteiger partial charge >= 0.3 is 0 Å². The third-order valence-corrected chi connectivity index (χ3v) is 7.16. The third kappa shape index (κ3) is 2.51. The van der Waals surface area contributed by atoms with Gasteiger partial charge in [-0.3, -0.25) is 0 Å². The summed E-state index contributed by atoms with van der Waals surface area (Å²) in [6.45, 7) is 6.79. The van der Waals surface area contributed by atoms with E-state index in [9.17, 15) is 0 Å². The van der Waals surface area contributed by atoms with Gasteiger partial charge < -0.3 is 8.98 Å². The fourth-order valence-electron chi connectivity index (χ4n) is 5.68. The Labute approximate surface area is 198 Å². The van der Waals surface area contributed by atoms with Crippen LogP contribution in [0.4, 0.5) is 0 Å². The monoisotopic (exact) mass is 439 g/mol. The minimum atomic E-state index is -0.0344. The Bertz CT molecular complexity index is 1880. The Kier molecular flexibility index (Phi) is 3.85. The molecular formula is C32H25NO. The number of benzene rings is 5. The quantitative estimate of drug-likeness (QED) is 0.233. The Hall–Kier alpha value is -4.04. The van der Waals surface area contributed by atoms with Gasteiger partial charge in [-0.2, -0.15) is 0 Å². The molecule has 0 spiro atoms. The second-order valence-electron chi connectivity index (χ2n) is 10.2. The highest BCUT2D eigenvalue weighted by molar-refractivity contribution is 6.35. The lowest BCUT2D eigenvalue weighted by Gasteiger charge is -2.17. The van der Waals surface area contributed by atoms with E-state index in [0.29, 0.717) is 0 Å². The van der Waals surface area contributed by atoms with Crippen LogP contribution < -0.4 is 0 Å². The molecule has 0 saturated heterocycles. The van der Waals surface area contributed by atoms with Gasteiger partial charge in [0, 0.05) is 32.8 Å². The molecule has 0 unspecified atom stereocenters. The van der Waals surface area contributed by atoms with Crippen molar-refractivity contribution in [3.8, 4) is 5.69 Å². The van der Waals surface area contributed by atoms with Gasteiger partial charge in [-0.1, -0.05) is 87.5 Å². The summed E-state index contributed by atoms with van der Waals surface area (Å²) in [6.07, 6.45) is 1.96. The van der Waals surface area contributed by atoms with E-state index >= 15 is 0 Å².